The molecule has 1 aliphatic rings. The monoisotopic (exact) mass is 450 g/mol. The zero-order valence-electron chi connectivity index (χ0n) is 18.6. The van der Waals surface area contributed by atoms with E-state index in [1.807, 2.05) is 24.1 Å². The highest BCUT2D eigenvalue weighted by molar-refractivity contribution is 6.36. The fraction of sp³-hybridized carbons (Fsp3) is 0.565. The molecule has 0 fully saturated rings. The van der Waals surface area contributed by atoms with E-state index in [0.717, 1.165) is 50.0 Å². The highest BCUT2D eigenvalue weighted by Crippen LogP contribution is 2.43. The van der Waals surface area contributed by atoms with Gasteiger partial charge in [0.1, 0.15) is 12.0 Å². The van der Waals surface area contributed by atoms with Crippen LogP contribution >= 0.6 is 23.2 Å². The first kappa shape index (κ1) is 23.0. The number of carbonyl (C=O) groups excluding carboxylic acids is 1. The van der Waals surface area contributed by atoms with Crippen LogP contribution in [0.25, 0.3) is 0 Å². The molecule has 0 aliphatic carbocycles. The van der Waals surface area contributed by atoms with E-state index < -0.39 is 0 Å². The number of amides is 1. The number of fused-ring (bicyclic) bond motifs is 1. The van der Waals surface area contributed by atoms with Gasteiger partial charge in [-0.15, -0.1) is 0 Å². The average Bonchev–Trinajstić information content (AvgIpc) is 3.10. The number of aryl methyl sites for hydroxylation is 1. The number of rotatable bonds is 8. The number of hydrogen-bond acceptors (Lipinski definition) is 3. The van der Waals surface area contributed by atoms with Crippen LogP contribution in [0.4, 0.5) is 11.5 Å². The van der Waals surface area contributed by atoms with E-state index >= 15 is 0 Å². The first-order valence-corrected chi connectivity index (χ1v) is 11.8. The Bertz CT molecular complexity index is 905. The van der Waals surface area contributed by atoms with Crippen LogP contribution in [0.2, 0.25) is 10.0 Å². The third-order valence-electron chi connectivity index (χ3n) is 5.92. The molecule has 0 radical (unpaired) electrons. The summed E-state index contributed by atoms with van der Waals surface area (Å²) >= 11 is 12.8. The predicted molar refractivity (Wildman–Crippen MR) is 125 cm³/mol. The molecule has 1 unspecified atom stereocenters. The van der Waals surface area contributed by atoms with Crippen molar-refractivity contribution in [3.63, 3.8) is 0 Å². The molecule has 5 nitrogen and oxygen atoms in total. The van der Waals surface area contributed by atoms with Gasteiger partial charge in [-0.25, -0.2) is 4.98 Å². The lowest BCUT2D eigenvalue weighted by Gasteiger charge is -2.42. The molecule has 1 aliphatic heterocycles. The van der Waals surface area contributed by atoms with Crippen molar-refractivity contribution in [2.45, 2.75) is 78.4 Å². The molecule has 164 valence electrons. The number of halogens is 2. The van der Waals surface area contributed by atoms with Crippen molar-refractivity contribution in [1.82, 2.24) is 14.5 Å². The Hall–Kier alpha value is -1.72. The number of aromatic nitrogens is 2. The largest absolute Gasteiger partial charge is 0.319 e. The molecule has 0 N–H and O–H groups in total. The second kappa shape index (κ2) is 9.61. The summed E-state index contributed by atoms with van der Waals surface area (Å²) in [7, 11) is 1.87. The van der Waals surface area contributed by atoms with Crippen LogP contribution in [0.5, 0.6) is 0 Å². The van der Waals surface area contributed by atoms with Crippen LogP contribution in [-0.4, -0.2) is 33.6 Å². The van der Waals surface area contributed by atoms with Crippen LogP contribution in [0.1, 0.15) is 82.2 Å². The Morgan fingerprint density at radius 1 is 1.10 bits per heavy atom. The van der Waals surface area contributed by atoms with Crippen LogP contribution in [0, 0.1) is 0 Å². The van der Waals surface area contributed by atoms with E-state index in [-0.39, 0.29) is 18.1 Å². The van der Waals surface area contributed by atoms with Crippen LogP contribution in [0.15, 0.2) is 18.2 Å². The van der Waals surface area contributed by atoms with Gasteiger partial charge in [0, 0.05) is 24.5 Å². The Morgan fingerprint density at radius 2 is 1.77 bits per heavy atom. The fourth-order valence-corrected chi connectivity index (χ4v) is 5.07. The Labute approximate surface area is 190 Å². The van der Waals surface area contributed by atoms with Gasteiger partial charge in [-0.1, -0.05) is 63.7 Å². The van der Waals surface area contributed by atoms with Crippen molar-refractivity contribution < 1.29 is 4.79 Å². The molecule has 2 aromatic rings. The van der Waals surface area contributed by atoms with Gasteiger partial charge in [0.2, 0.25) is 0 Å². The average molecular weight is 451 g/mol. The topological polar surface area (TPSA) is 41.4 Å². The number of benzene rings is 1. The molecular weight excluding hydrogens is 419 g/mol. The van der Waals surface area contributed by atoms with E-state index in [1.54, 1.807) is 6.07 Å². The lowest BCUT2D eigenvalue weighted by molar-refractivity contribution is 0.0697. The molecule has 30 heavy (non-hydrogen) atoms. The summed E-state index contributed by atoms with van der Waals surface area (Å²) in [5.41, 5.74) is 1.50. The first-order chi connectivity index (χ1) is 14.4. The maximum atomic E-state index is 13.5. The Morgan fingerprint density at radius 3 is 2.30 bits per heavy atom. The Kier molecular flexibility index (Phi) is 7.35. The summed E-state index contributed by atoms with van der Waals surface area (Å²) in [5, 5.41) is 1.14. The zero-order valence-corrected chi connectivity index (χ0v) is 20.1. The molecule has 0 spiro atoms. The quantitative estimate of drug-likeness (QED) is 0.441. The van der Waals surface area contributed by atoms with Gasteiger partial charge < -0.3 is 14.4 Å². The van der Waals surface area contributed by atoms with E-state index in [0.29, 0.717) is 21.6 Å². The lowest BCUT2D eigenvalue weighted by Crippen LogP contribution is -2.52. The van der Waals surface area contributed by atoms with Crippen LogP contribution in [0.3, 0.4) is 0 Å². The molecule has 1 aromatic carbocycles. The van der Waals surface area contributed by atoms with Gasteiger partial charge in [-0.3, -0.25) is 4.79 Å². The van der Waals surface area contributed by atoms with E-state index in [9.17, 15) is 4.79 Å². The summed E-state index contributed by atoms with van der Waals surface area (Å²) in [4.78, 5) is 22.5. The van der Waals surface area contributed by atoms with Gasteiger partial charge in [0.05, 0.1) is 10.7 Å². The van der Waals surface area contributed by atoms with Gasteiger partial charge in [-0.2, -0.15) is 0 Å². The predicted octanol–water partition coefficient (Wildman–Crippen LogP) is 6.85. The van der Waals surface area contributed by atoms with Crippen molar-refractivity contribution in [2.75, 3.05) is 11.9 Å². The summed E-state index contributed by atoms with van der Waals surface area (Å²) in [6.45, 7) is 8.56. The number of nitrogens with zero attached hydrogens (tertiary/aromatic N) is 4. The highest BCUT2D eigenvalue weighted by atomic mass is 35.5. The molecule has 0 saturated heterocycles. The number of anilines is 2. The van der Waals surface area contributed by atoms with Gasteiger partial charge in [0.15, 0.2) is 11.5 Å². The molecule has 2 heterocycles. The maximum absolute atomic E-state index is 13.5. The van der Waals surface area contributed by atoms with Crippen molar-refractivity contribution >= 4 is 40.6 Å². The van der Waals surface area contributed by atoms with Crippen LogP contribution < -0.4 is 4.90 Å². The van der Waals surface area contributed by atoms with Crippen molar-refractivity contribution in [2.24, 2.45) is 0 Å². The van der Waals surface area contributed by atoms with Gasteiger partial charge in [-0.05, 0) is 37.5 Å². The second-order valence-corrected chi connectivity index (χ2v) is 8.77. The van der Waals surface area contributed by atoms with E-state index in [2.05, 4.69) is 37.2 Å². The van der Waals surface area contributed by atoms with E-state index in [4.69, 9.17) is 28.2 Å². The minimum absolute atomic E-state index is 0.0302. The molecular formula is C23H32Cl2N4O. The summed E-state index contributed by atoms with van der Waals surface area (Å²) in [6, 6.07) is 5.77. The normalized spacial score (nSPS) is 16.5. The highest BCUT2D eigenvalue weighted by Gasteiger charge is 2.41. The molecule has 0 saturated carbocycles. The molecule has 7 heteroatoms. The minimum atomic E-state index is -0.160. The van der Waals surface area contributed by atoms with Crippen molar-refractivity contribution in [3.8, 4) is 0 Å². The SMILES string of the molecule is CCCC(CCC)n1c(CC)nc2c1C(=O)N(C)C(CC)N2c1ccc(Cl)cc1Cl. The van der Waals surface area contributed by atoms with Crippen LogP contribution in [-0.2, 0) is 6.42 Å². The molecule has 0 bridgehead atoms. The fourth-order valence-electron chi connectivity index (χ4n) is 4.57. The van der Waals surface area contributed by atoms with Gasteiger partial charge in [0.25, 0.3) is 5.91 Å². The third kappa shape index (κ3) is 3.94. The minimum Gasteiger partial charge on any atom is -0.319 e. The Balaban J connectivity index is 2.27. The lowest BCUT2D eigenvalue weighted by atomic mass is 10.0. The molecule has 3 rings (SSSR count). The summed E-state index contributed by atoms with van der Waals surface area (Å²) in [6.07, 6.45) is 5.55. The molecule has 1 aromatic heterocycles. The second-order valence-electron chi connectivity index (χ2n) is 7.93. The standard InChI is InChI=1S/C23H32Cl2N4O/c1-6-10-16(11-7-2)28-19(8-3)26-22-21(28)23(30)27(5)20(9-4)29(22)18-13-12-15(24)14-17(18)25/h12-14,16,20H,6-11H2,1-5H3. The zero-order chi connectivity index (χ0) is 22.0. The first-order valence-electron chi connectivity index (χ1n) is 11.0. The van der Waals surface area contributed by atoms with E-state index in [1.165, 1.54) is 0 Å². The molecule has 1 amide bonds. The number of hydrogen-bond donors (Lipinski definition) is 0. The summed E-state index contributed by atoms with van der Waals surface area (Å²) in [5.74, 6) is 1.70. The number of carbonyl (C=O) groups is 1. The smallest absolute Gasteiger partial charge is 0.275 e. The maximum Gasteiger partial charge on any atom is 0.275 e. The van der Waals surface area contributed by atoms with Crippen molar-refractivity contribution in [1.29, 1.82) is 0 Å². The third-order valence-corrected chi connectivity index (χ3v) is 6.46. The molecule has 1 atom stereocenters. The van der Waals surface area contributed by atoms with Gasteiger partial charge >= 0.3 is 0 Å². The number of imidazole rings is 1. The van der Waals surface area contributed by atoms with Crippen molar-refractivity contribution in [3.05, 3.63) is 39.8 Å². The summed E-state index contributed by atoms with van der Waals surface area (Å²) < 4.78 is 2.21.